The number of carbonyl (C=O) groups excluding carboxylic acids is 3. The molecule has 162 valence electrons. The minimum Gasteiger partial charge on any atom is -0.484 e. The first-order chi connectivity index (χ1) is 15.5. The molecular weight excluding hydrogens is 410 g/mol. The van der Waals surface area contributed by atoms with E-state index < -0.39 is 0 Å². The number of amides is 2. The van der Waals surface area contributed by atoms with Gasteiger partial charge in [-0.1, -0.05) is 30.3 Å². The van der Waals surface area contributed by atoms with Crippen LogP contribution >= 0.6 is 0 Å². The second-order valence-corrected chi connectivity index (χ2v) is 7.25. The lowest BCUT2D eigenvalue weighted by molar-refractivity contribution is -0.122. The molecule has 3 aromatic rings. The Bertz CT molecular complexity index is 1150. The average molecular weight is 431 g/mol. The maximum absolute atomic E-state index is 12.7. The van der Waals surface area contributed by atoms with Crippen LogP contribution in [0.5, 0.6) is 17.4 Å². The molecule has 2 aromatic carbocycles. The number of hydrogen-bond acceptors (Lipinski definition) is 6. The predicted octanol–water partition coefficient (Wildman–Crippen LogP) is 3.66. The molecule has 1 aromatic heterocycles. The maximum Gasteiger partial charge on any atom is 0.243 e. The molecule has 1 aliphatic heterocycles. The zero-order valence-corrected chi connectivity index (χ0v) is 17.3. The first kappa shape index (κ1) is 21.0. The van der Waals surface area contributed by atoms with Crippen molar-refractivity contribution in [2.45, 2.75) is 19.4 Å². The Morgan fingerprint density at radius 1 is 1.12 bits per heavy atom. The Hall–Kier alpha value is -4.20. The summed E-state index contributed by atoms with van der Waals surface area (Å²) in [5.41, 5.74) is 1.89. The molecule has 2 amide bonds. The fourth-order valence-corrected chi connectivity index (χ4v) is 3.27. The number of rotatable bonds is 6. The van der Waals surface area contributed by atoms with E-state index in [1.165, 1.54) is 13.1 Å². The molecule has 1 aliphatic rings. The van der Waals surface area contributed by atoms with Crippen molar-refractivity contribution < 1.29 is 23.9 Å². The third-order valence-corrected chi connectivity index (χ3v) is 4.80. The Morgan fingerprint density at radius 3 is 2.66 bits per heavy atom. The van der Waals surface area contributed by atoms with Crippen molar-refractivity contribution in [3.05, 3.63) is 78.0 Å². The zero-order chi connectivity index (χ0) is 22.5. The van der Waals surface area contributed by atoms with E-state index in [-0.39, 0.29) is 36.7 Å². The van der Waals surface area contributed by atoms with Gasteiger partial charge in [0.15, 0.2) is 5.78 Å². The molecule has 0 fully saturated rings. The number of ketones is 1. The monoisotopic (exact) mass is 431 g/mol. The minimum atomic E-state index is -0.363. The van der Waals surface area contributed by atoms with Crippen LogP contribution < -0.4 is 20.1 Å². The summed E-state index contributed by atoms with van der Waals surface area (Å²) in [6.07, 6.45) is 1.39. The highest BCUT2D eigenvalue weighted by atomic mass is 16.5. The SMILES string of the molecule is CC(=O)NCC(=O)Nc1ccc(Oc2ccc3c(c2)C(=O)CC(c2ccccc2)O3)nc1. The van der Waals surface area contributed by atoms with Gasteiger partial charge in [-0.3, -0.25) is 14.4 Å². The number of anilines is 1. The molecule has 1 unspecified atom stereocenters. The van der Waals surface area contributed by atoms with Crippen molar-refractivity contribution in [1.82, 2.24) is 10.3 Å². The van der Waals surface area contributed by atoms with Gasteiger partial charge in [0.2, 0.25) is 17.7 Å². The smallest absolute Gasteiger partial charge is 0.243 e. The molecule has 1 atom stereocenters. The highest BCUT2D eigenvalue weighted by Crippen LogP contribution is 2.37. The van der Waals surface area contributed by atoms with Gasteiger partial charge in [-0.05, 0) is 29.8 Å². The van der Waals surface area contributed by atoms with Gasteiger partial charge in [0.1, 0.15) is 17.6 Å². The van der Waals surface area contributed by atoms with E-state index in [4.69, 9.17) is 9.47 Å². The normalized spacial score (nSPS) is 14.7. The van der Waals surface area contributed by atoms with E-state index in [0.717, 1.165) is 5.56 Å². The molecule has 0 spiro atoms. The molecule has 8 heteroatoms. The van der Waals surface area contributed by atoms with Crippen LogP contribution in [0.4, 0.5) is 5.69 Å². The van der Waals surface area contributed by atoms with Crippen LogP contribution in [0, 0.1) is 0 Å². The van der Waals surface area contributed by atoms with E-state index in [1.807, 2.05) is 30.3 Å². The van der Waals surface area contributed by atoms with Crippen molar-refractivity contribution in [2.24, 2.45) is 0 Å². The van der Waals surface area contributed by atoms with Crippen LogP contribution in [0.3, 0.4) is 0 Å². The van der Waals surface area contributed by atoms with Gasteiger partial charge in [0, 0.05) is 13.0 Å². The fraction of sp³-hybridized carbons (Fsp3) is 0.167. The van der Waals surface area contributed by atoms with Crippen LogP contribution in [0.1, 0.15) is 35.4 Å². The molecule has 0 saturated carbocycles. The van der Waals surface area contributed by atoms with Gasteiger partial charge in [-0.15, -0.1) is 0 Å². The average Bonchev–Trinajstić information content (AvgIpc) is 2.80. The number of benzene rings is 2. The summed E-state index contributed by atoms with van der Waals surface area (Å²) < 4.78 is 11.8. The number of nitrogens with one attached hydrogen (secondary N) is 2. The second-order valence-electron chi connectivity index (χ2n) is 7.25. The molecule has 0 saturated heterocycles. The minimum absolute atomic E-state index is 0.0178. The van der Waals surface area contributed by atoms with E-state index in [9.17, 15) is 14.4 Å². The Kier molecular flexibility index (Phi) is 6.12. The summed E-state index contributed by atoms with van der Waals surface area (Å²) in [6.45, 7) is 1.22. The first-order valence-corrected chi connectivity index (χ1v) is 10.0. The van der Waals surface area contributed by atoms with E-state index >= 15 is 0 Å². The largest absolute Gasteiger partial charge is 0.484 e. The third-order valence-electron chi connectivity index (χ3n) is 4.80. The van der Waals surface area contributed by atoms with Gasteiger partial charge in [0.05, 0.1) is 30.4 Å². The highest BCUT2D eigenvalue weighted by Gasteiger charge is 2.28. The standard InChI is InChI=1S/C24H21N3O5/c1-15(28)25-14-23(30)27-17-7-10-24(26-13-17)31-18-8-9-21-19(11-18)20(29)12-22(32-21)16-5-3-2-4-6-16/h2-11,13,22H,12,14H2,1H3,(H,25,28)(H,27,30). The van der Waals surface area contributed by atoms with E-state index in [1.54, 1.807) is 30.3 Å². The van der Waals surface area contributed by atoms with E-state index in [2.05, 4.69) is 15.6 Å². The Morgan fingerprint density at radius 2 is 1.94 bits per heavy atom. The predicted molar refractivity (Wildman–Crippen MR) is 117 cm³/mol. The van der Waals surface area contributed by atoms with Gasteiger partial charge in [-0.25, -0.2) is 4.98 Å². The highest BCUT2D eigenvalue weighted by molar-refractivity contribution is 6.00. The lowest BCUT2D eigenvalue weighted by Crippen LogP contribution is -2.31. The van der Waals surface area contributed by atoms with Crippen LogP contribution in [-0.2, 0) is 9.59 Å². The zero-order valence-electron chi connectivity index (χ0n) is 17.3. The molecule has 0 radical (unpaired) electrons. The van der Waals surface area contributed by atoms with Crippen molar-refractivity contribution in [1.29, 1.82) is 0 Å². The summed E-state index contributed by atoms with van der Waals surface area (Å²) >= 11 is 0. The summed E-state index contributed by atoms with van der Waals surface area (Å²) in [7, 11) is 0. The molecule has 0 aliphatic carbocycles. The molecule has 4 rings (SSSR count). The molecule has 2 N–H and O–H groups in total. The number of hydrogen-bond donors (Lipinski definition) is 2. The number of fused-ring (bicyclic) bond motifs is 1. The number of nitrogens with zero attached hydrogens (tertiary/aromatic N) is 1. The summed E-state index contributed by atoms with van der Waals surface area (Å²) in [6, 6.07) is 17.9. The second kappa shape index (κ2) is 9.30. The van der Waals surface area contributed by atoms with Gasteiger partial charge in [0.25, 0.3) is 0 Å². The molecule has 0 bridgehead atoms. The van der Waals surface area contributed by atoms with Crippen molar-refractivity contribution in [2.75, 3.05) is 11.9 Å². The molecule has 32 heavy (non-hydrogen) atoms. The van der Waals surface area contributed by atoms with Gasteiger partial charge in [-0.2, -0.15) is 0 Å². The first-order valence-electron chi connectivity index (χ1n) is 10.0. The van der Waals surface area contributed by atoms with Crippen LogP contribution in [0.25, 0.3) is 0 Å². The van der Waals surface area contributed by atoms with Gasteiger partial charge >= 0.3 is 0 Å². The summed E-state index contributed by atoms with van der Waals surface area (Å²) in [4.78, 5) is 39.5. The van der Waals surface area contributed by atoms with Gasteiger partial charge < -0.3 is 20.1 Å². The fourth-order valence-electron chi connectivity index (χ4n) is 3.27. The molecular formula is C24H21N3O5. The van der Waals surface area contributed by atoms with Crippen molar-refractivity contribution >= 4 is 23.3 Å². The van der Waals surface area contributed by atoms with Crippen molar-refractivity contribution in [3.63, 3.8) is 0 Å². The number of pyridine rings is 1. The van der Waals surface area contributed by atoms with Crippen LogP contribution in [0.15, 0.2) is 66.9 Å². The number of aromatic nitrogens is 1. The lowest BCUT2D eigenvalue weighted by atomic mass is 9.96. The number of Topliss-reactive ketones (excluding diaryl/α,β-unsaturated/α-hetero) is 1. The van der Waals surface area contributed by atoms with Crippen molar-refractivity contribution in [3.8, 4) is 17.4 Å². The Labute approximate surface area is 184 Å². The topological polar surface area (TPSA) is 107 Å². The van der Waals surface area contributed by atoms with E-state index in [0.29, 0.717) is 28.6 Å². The summed E-state index contributed by atoms with van der Waals surface area (Å²) in [5, 5.41) is 5.04. The molecule has 8 nitrogen and oxygen atoms in total. The number of carbonyl (C=O) groups is 3. The van der Waals surface area contributed by atoms with Crippen LogP contribution in [-0.4, -0.2) is 29.1 Å². The lowest BCUT2D eigenvalue weighted by Gasteiger charge is -2.25. The molecule has 2 heterocycles. The Balaban J connectivity index is 1.41. The van der Waals surface area contributed by atoms with Crippen LogP contribution in [0.2, 0.25) is 0 Å². The summed E-state index contributed by atoms with van der Waals surface area (Å²) in [5.74, 6) is 0.609. The maximum atomic E-state index is 12.7. The quantitative estimate of drug-likeness (QED) is 0.617. The third kappa shape index (κ3) is 5.10. The number of ether oxygens (including phenoxy) is 2.